The highest BCUT2D eigenvalue weighted by atomic mass is 35.5. The van der Waals surface area contributed by atoms with Crippen molar-refractivity contribution in [1.29, 1.82) is 0 Å². The Balaban J connectivity index is 1.81. The van der Waals surface area contributed by atoms with Gasteiger partial charge in [-0.25, -0.2) is 9.59 Å². The Hall–Kier alpha value is -1.86. The molecule has 0 aliphatic rings. The Kier molecular flexibility index (Phi) is 8.51. The smallest absolute Gasteiger partial charge is 0.321 e. The molecule has 2 aromatic rings. The normalized spacial score (nSPS) is 10.3. The standard InChI is InChI=1S/C18H18Cl4N4O2/c1-2-26(18(28)25-12-4-6-14(20)16(22)10-12)8-7-23-17(27)24-11-3-5-13(19)15(21)9-11/h3-6,9-10H,2,7-8H2,1H3,(H,25,28)(H2,23,24,27). The number of benzene rings is 2. The number of nitrogens with one attached hydrogen (secondary N) is 3. The second-order valence-electron chi connectivity index (χ2n) is 5.65. The fraction of sp³-hybridized carbons (Fsp3) is 0.222. The summed E-state index contributed by atoms with van der Waals surface area (Å²) >= 11 is 23.6. The van der Waals surface area contributed by atoms with E-state index in [1.807, 2.05) is 6.92 Å². The number of carbonyl (C=O) groups excluding carboxylic acids is 2. The van der Waals surface area contributed by atoms with Gasteiger partial charge in [0.25, 0.3) is 0 Å². The van der Waals surface area contributed by atoms with Gasteiger partial charge in [-0.15, -0.1) is 0 Å². The van der Waals surface area contributed by atoms with Crippen molar-refractivity contribution in [2.45, 2.75) is 6.92 Å². The summed E-state index contributed by atoms with van der Waals surface area (Å²) in [5, 5.41) is 9.56. The van der Waals surface area contributed by atoms with Crippen LogP contribution in [0, 0.1) is 0 Å². The molecule has 0 fully saturated rings. The van der Waals surface area contributed by atoms with Gasteiger partial charge in [-0.1, -0.05) is 46.4 Å². The quantitative estimate of drug-likeness (QED) is 0.493. The van der Waals surface area contributed by atoms with Gasteiger partial charge in [0.1, 0.15) is 0 Å². The Morgan fingerprint density at radius 2 is 1.39 bits per heavy atom. The third-order valence-corrected chi connectivity index (χ3v) is 5.16. The third-order valence-electron chi connectivity index (χ3n) is 3.68. The molecule has 6 nitrogen and oxygen atoms in total. The van der Waals surface area contributed by atoms with Crippen LogP contribution in [0.3, 0.4) is 0 Å². The van der Waals surface area contributed by atoms with Gasteiger partial charge in [0, 0.05) is 31.0 Å². The monoisotopic (exact) mass is 462 g/mol. The molecule has 0 bridgehead atoms. The van der Waals surface area contributed by atoms with E-state index in [4.69, 9.17) is 46.4 Å². The molecule has 0 unspecified atom stereocenters. The molecular formula is C18H18Cl4N4O2. The minimum absolute atomic E-state index is 0.260. The van der Waals surface area contributed by atoms with Crippen LogP contribution in [0.5, 0.6) is 0 Å². The molecule has 0 spiro atoms. The minimum Gasteiger partial charge on any atom is -0.336 e. The zero-order chi connectivity index (χ0) is 20.7. The minimum atomic E-state index is -0.417. The first-order valence-corrected chi connectivity index (χ1v) is 9.82. The van der Waals surface area contributed by atoms with Crippen LogP contribution in [0.1, 0.15) is 6.92 Å². The molecule has 0 saturated carbocycles. The second kappa shape index (κ2) is 10.6. The number of carbonyl (C=O) groups is 2. The number of hydrogen-bond donors (Lipinski definition) is 3. The number of likely N-dealkylation sites (N-methyl/N-ethyl adjacent to an activating group) is 1. The van der Waals surface area contributed by atoms with Crippen molar-refractivity contribution in [2.24, 2.45) is 0 Å². The SMILES string of the molecule is CCN(CCNC(=O)Nc1ccc(Cl)c(Cl)c1)C(=O)Nc1ccc(Cl)c(Cl)c1. The molecule has 2 rings (SSSR count). The Morgan fingerprint density at radius 1 is 0.857 bits per heavy atom. The van der Waals surface area contributed by atoms with E-state index in [1.165, 1.54) is 0 Å². The van der Waals surface area contributed by atoms with Gasteiger partial charge in [0.05, 0.1) is 20.1 Å². The van der Waals surface area contributed by atoms with E-state index in [2.05, 4.69) is 16.0 Å². The lowest BCUT2D eigenvalue weighted by molar-refractivity contribution is 0.213. The van der Waals surface area contributed by atoms with Crippen LogP contribution in [0.4, 0.5) is 21.0 Å². The maximum Gasteiger partial charge on any atom is 0.321 e. The summed E-state index contributed by atoms with van der Waals surface area (Å²) < 4.78 is 0. The summed E-state index contributed by atoms with van der Waals surface area (Å²) in [5.41, 5.74) is 1.04. The summed E-state index contributed by atoms with van der Waals surface area (Å²) in [6.07, 6.45) is 0. The van der Waals surface area contributed by atoms with Gasteiger partial charge in [-0.3, -0.25) is 0 Å². The number of amides is 4. The van der Waals surface area contributed by atoms with Crippen molar-refractivity contribution in [3.8, 4) is 0 Å². The first-order valence-electron chi connectivity index (χ1n) is 8.31. The van der Waals surface area contributed by atoms with E-state index < -0.39 is 6.03 Å². The molecule has 0 aliphatic heterocycles. The molecule has 0 heterocycles. The number of urea groups is 2. The first-order chi connectivity index (χ1) is 13.3. The maximum absolute atomic E-state index is 12.4. The molecule has 0 radical (unpaired) electrons. The van der Waals surface area contributed by atoms with E-state index in [1.54, 1.807) is 41.3 Å². The summed E-state index contributed by atoms with van der Waals surface area (Å²) in [4.78, 5) is 25.9. The fourth-order valence-corrected chi connectivity index (χ4v) is 2.83. The van der Waals surface area contributed by atoms with Gasteiger partial charge in [0.15, 0.2) is 0 Å². The van der Waals surface area contributed by atoms with Gasteiger partial charge >= 0.3 is 12.1 Å². The Labute approximate surface area is 183 Å². The lowest BCUT2D eigenvalue weighted by Gasteiger charge is -2.21. The van der Waals surface area contributed by atoms with Crippen molar-refractivity contribution >= 4 is 69.8 Å². The van der Waals surface area contributed by atoms with Crippen LogP contribution in [0.25, 0.3) is 0 Å². The van der Waals surface area contributed by atoms with Gasteiger partial charge in [-0.2, -0.15) is 0 Å². The highest BCUT2D eigenvalue weighted by Gasteiger charge is 2.13. The predicted octanol–water partition coefficient (Wildman–Crippen LogP) is 5.98. The van der Waals surface area contributed by atoms with Crippen LogP contribution >= 0.6 is 46.4 Å². The van der Waals surface area contributed by atoms with Crippen molar-refractivity contribution in [3.63, 3.8) is 0 Å². The lowest BCUT2D eigenvalue weighted by Crippen LogP contribution is -2.41. The van der Waals surface area contributed by atoms with E-state index in [0.717, 1.165) is 0 Å². The van der Waals surface area contributed by atoms with Gasteiger partial charge < -0.3 is 20.9 Å². The first kappa shape index (κ1) is 22.4. The summed E-state index contributed by atoms with van der Waals surface area (Å²) in [5.74, 6) is 0. The molecule has 0 aromatic heterocycles. The zero-order valence-corrected chi connectivity index (χ0v) is 17.9. The lowest BCUT2D eigenvalue weighted by atomic mass is 10.3. The molecule has 0 aliphatic carbocycles. The topological polar surface area (TPSA) is 73.5 Å². The molecule has 150 valence electrons. The number of hydrogen-bond acceptors (Lipinski definition) is 2. The van der Waals surface area contributed by atoms with E-state index in [9.17, 15) is 9.59 Å². The van der Waals surface area contributed by atoms with Crippen LogP contribution in [0.2, 0.25) is 20.1 Å². The molecular weight excluding hydrogens is 446 g/mol. The predicted molar refractivity (Wildman–Crippen MR) is 116 cm³/mol. The van der Waals surface area contributed by atoms with Gasteiger partial charge in [-0.05, 0) is 43.3 Å². The summed E-state index contributed by atoms with van der Waals surface area (Å²) in [6, 6.07) is 8.87. The molecule has 2 aromatic carbocycles. The fourth-order valence-electron chi connectivity index (χ4n) is 2.23. The third kappa shape index (κ3) is 6.63. The highest BCUT2D eigenvalue weighted by Crippen LogP contribution is 2.25. The number of rotatable bonds is 6. The van der Waals surface area contributed by atoms with Crippen molar-refractivity contribution in [2.75, 3.05) is 30.3 Å². The Bertz CT molecular complexity index is 863. The molecule has 0 saturated heterocycles. The van der Waals surface area contributed by atoms with E-state index in [-0.39, 0.29) is 12.6 Å². The zero-order valence-electron chi connectivity index (χ0n) is 14.9. The maximum atomic E-state index is 12.4. The molecule has 28 heavy (non-hydrogen) atoms. The molecule has 4 amide bonds. The van der Waals surface area contributed by atoms with Gasteiger partial charge in [0.2, 0.25) is 0 Å². The second-order valence-corrected chi connectivity index (χ2v) is 7.28. The molecule has 10 heteroatoms. The van der Waals surface area contributed by atoms with Crippen molar-refractivity contribution in [1.82, 2.24) is 10.2 Å². The van der Waals surface area contributed by atoms with E-state index in [0.29, 0.717) is 44.6 Å². The summed E-state index contributed by atoms with van der Waals surface area (Å²) in [7, 11) is 0. The van der Waals surface area contributed by atoms with Crippen molar-refractivity contribution < 1.29 is 9.59 Å². The average molecular weight is 464 g/mol. The van der Waals surface area contributed by atoms with E-state index >= 15 is 0 Å². The molecule has 0 atom stereocenters. The number of nitrogens with zero attached hydrogens (tertiary/aromatic N) is 1. The van der Waals surface area contributed by atoms with Crippen molar-refractivity contribution in [3.05, 3.63) is 56.5 Å². The Morgan fingerprint density at radius 3 is 1.89 bits per heavy atom. The number of halogens is 4. The number of anilines is 2. The van der Waals surface area contributed by atoms with Crippen LogP contribution in [0.15, 0.2) is 36.4 Å². The van der Waals surface area contributed by atoms with Crippen LogP contribution < -0.4 is 16.0 Å². The van der Waals surface area contributed by atoms with Crippen LogP contribution in [-0.2, 0) is 0 Å². The highest BCUT2D eigenvalue weighted by molar-refractivity contribution is 6.42. The average Bonchev–Trinajstić information content (AvgIpc) is 2.65. The molecule has 3 N–H and O–H groups in total. The van der Waals surface area contributed by atoms with Crippen LogP contribution in [-0.4, -0.2) is 36.6 Å². The largest absolute Gasteiger partial charge is 0.336 e. The summed E-state index contributed by atoms with van der Waals surface area (Å²) in [6.45, 7) is 2.88.